The van der Waals surface area contributed by atoms with E-state index in [-0.39, 0.29) is 17.9 Å². The number of alkyl halides is 2. The molecule has 2 heterocycles. The predicted molar refractivity (Wildman–Crippen MR) is 61.6 cm³/mol. The van der Waals surface area contributed by atoms with Gasteiger partial charge in [-0.3, -0.25) is 0 Å². The van der Waals surface area contributed by atoms with E-state index in [4.69, 9.17) is 4.74 Å². The zero-order valence-corrected chi connectivity index (χ0v) is 9.86. The number of ether oxygens (including phenoxy) is 2. The van der Waals surface area contributed by atoms with Crippen LogP contribution in [0.5, 0.6) is 5.75 Å². The highest BCUT2D eigenvalue weighted by atomic mass is 19.3. The lowest BCUT2D eigenvalue weighted by molar-refractivity contribution is -0.0505. The first kappa shape index (κ1) is 11.9. The largest absolute Gasteiger partial charge is 0.435 e. The zero-order chi connectivity index (χ0) is 12.5. The minimum Gasteiger partial charge on any atom is -0.435 e. The summed E-state index contributed by atoms with van der Waals surface area (Å²) in [5.41, 5.74) is 2.08. The number of piperidine rings is 1. The molecule has 1 aromatic rings. The van der Waals surface area contributed by atoms with Gasteiger partial charge in [0, 0.05) is 0 Å². The summed E-state index contributed by atoms with van der Waals surface area (Å²) in [4.78, 5) is 0. The Morgan fingerprint density at radius 1 is 1.39 bits per heavy atom. The van der Waals surface area contributed by atoms with Crippen molar-refractivity contribution in [2.75, 3.05) is 6.54 Å². The van der Waals surface area contributed by atoms with Crippen molar-refractivity contribution in [3.63, 3.8) is 0 Å². The summed E-state index contributed by atoms with van der Waals surface area (Å²) in [6.45, 7) is -1.34. The van der Waals surface area contributed by atoms with Gasteiger partial charge >= 0.3 is 6.61 Å². The average molecular weight is 255 g/mol. The van der Waals surface area contributed by atoms with Crippen molar-refractivity contribution in [1.29, 1.82) is 0 Å². The molecule has 3 nitrogen and oxygen atoms in total. The van der Waals surface area contributed by atoms with E-state index in [9.17, 15) is 8.78 Å². The Bertz CT molecular complexity index is 439. The summed E-state index contributed by atoms with van der Waals surface area (Å²) in [5.74, 6) is 0.196. The number of halogens is 2. The summed E-state index contributed by atoms with van der Waals surface area (Å²) in [7, 11) is 0. The van der Waals surface area contributed by atoms with Gasteiger partial charge in [-0.15, -0.1) is 0 Å². The maximum Gasteiger partial charge on any atom is 0.387 e. The summed E-state index contributed by atoms with van der Waals surface area (Å²) >= 11 is 0. The van der Waals surface area contributed by atoms with Crippen molar-refractivity contribution >= 4 is 0 Å². The summed E-state index contributed by atoms with van der Waals surface area (Å²) in [5, 5.41) is 3.42. The van der Waals surface area contributed by atoms with E-state index in [0.29, 0.717) is 6.61 Å². The van der Waals surface area contributed by atoms with E-state index in [1.165, 1.54) is 0 Å². The molecule has 5 heteroatoms. The van der Waals surface area contributed by atoms with Gasteiger partial charge in [0.2, 0.25) is 0 Å². The van der Waals surface area contributed by atoms with Crippen LogP contribution in [-0.4, -0.2) is 19.3 Å². The highest BCUT2D eigenvalue weighted by Crippen LogP contribution is 2.35. The van der Waals surface area contributed by atoms with Crippen LogP contribution in [0.15, 0.2) is 18.2 Å². The summed E-state index contributed by atoms with van der Waals surface area (Å²) in [6.07, 6.45) is 2.36. The molecule has 0 saturated carbocycles. The highest BCUT2D eigenvalue weighted by Gasteiger charge is 2.32. The Balaban J connectivity index is 1.86. The number of fused-ring (bicyclic) bond motifs is 3. The van der Waals surface area contributed by atoms with Gasteiger partial charge in [-0.05, 0) is 42.6 Å². The summed E-state index contributed by atoms with van der Waals surface area (Å²) in [6, 6.07) is 5.30. The second-order valence-electron chi connectivity index (χ2n) is 4.66. The SMILES string of the molecule is FC(F)Oc1ccc2c(c1)CO[C@@H]1CCCN[C@H]21. The molecule has 3 rings (SSSR count). The third kappa shape index (κ3) is 2.20. The van der Waals surface area contributed by atoms with E-state index in [1.54, 1.807) is 12.1 Å². The second-order valence-corrected chi connectivity index (χ2v) is 4.66. The molecule has 1 fully saturated rings. The molecule has 1 aromatic carbocycles. The molecule has 2 atom stereocenters. The van der Waals surface area contributed by atoms with Crippen molar-refractivity contribution in [3.05, 3.63) is 29.3 Å². The monoisotopic (exact) mass is 255 g/mol. The lowest BCUT2D eigenvalue weighted by Crippen LogP contribution is -2.42. The van der Waals surface area contributed by atoms with Gasteiger partial charge in [0.05, 0.1) is 18.8 Å². The van der Waals surface area contributed by atoms with E-state index >= 15 is 0 Å². The normalized spacial score (nSPS) is 26.6. The molecule has 0 amide bonds. The van der Waals surface area contributed by atoms with Gasteiger partial charge in [-0.1, -0.05) is 6.07 Å². The Morgan fingerprint density at radius 3 is 3.11 bits per heavy atom. The van der Waals surface area contributed by atoms with Crippen LogP contribution in [0.1, 0.15) is 30.0 Å². The van der Waals surface area contributed by atoms with Crippen LogP contribution >= 0.6 is 0 Å². The van der Waals surface area contributed by atoms with Crippen LogP contribution in [0.3, 0.4) is 0 Å². The van der Waals surface area contributed by atoms with Gasteiger partial charge < -0.3 is 14.8 Å². The van der Waals surface area contributed by atoms with Crippen LogP contribution < -0.4 is 10.1 Å². The number of nitrogens with one attached hydrogen (secondary N) is 1. The van der Waals surface area contributed by atoms with E-state index in [1.807, 2.05) is 6.07 Å². The highest BCUT2D eigenvalue weighted by molar-refractivity contribution is 5.39. The molecule has 0 unspecified atom stereocenters. The smallest absolute Gasteiger partial charge is 0.387 e. The Hall–Kier alpha value is -1.20. The topological polar surface area (TPSA) is 30.5 Å². The average Bonchev–Trinajstić information content (AvgIpc) is 2.37. The van der Waals surface area contributed by atoms with Crippen LogP contribution in [0.4, 0.5) is 8.78 Å². The van der Waals surface area contributed by atoms with Crippen molar-refractivity contribution in [2.45, 2.75) is 38.2 Å². The van der Waals surface area contributed by atoms with Crippen LogP contribution in [0.25, 0.3) is 0 Å². The molecule has 0 bridgehead atoms. The molecule has 98 valence electrons. The van der Waals surface area contributed by atoms with Crippen LogP contribution in [-0.2, 0) is 11.3 Å². The van der Waals surface area contributed by atoms with Crippen molar-refractivity contribution in [1.82, 2.24) is 5.32 Å². The molecule has 0 aromatic heterocycles. The third-order valence-corrected chi connectivity index (χ3v) is 3.53. The van der Waals surface area contributed by atoms with Gasteiger partial charge in [-0.2, -0.15) is 8.78 Å². The summed E-state index contributed by atoms with van der Waals surface area (Å²) < 4.78 is 34.5. The Morgan fingerprint density at radius 2 is 2.28 bits per heavy atom. The first-order chi connectivity index (χ1) is 8.74. The Labute approximate surface area is 104 Å². The fraction of sp³-hybridized carbons (Fsp3) is 0.538. The maximum absolute atomic E-state index is 12.2. The van der Waals surface area contributed by atoms with E-state index in [0.717, 1.165) is 30.5 Å². The lowest BCUT2D eigenvalue weighted by Gasteiger charge is -2.37. The fourth-order valence-electron chi connectivity index (χ4n) is 2.73. The predicted octanol–water partition coefficient (Wildman–Crippen LogP) is 2.61. The van der Waals surface area contributed by atoms with Crippen LogP contribution in [0.2, 0.25) is 0 Å². The molecular weight excluding hydrogens is 240 g/mol. The molecule has 0 radical (unpaired) electrons. The van der Waals surface area contributed by atoms with Crippen molar-refractivity contribution in [3.8, 4) is 5.75 Å². The maximum atomic E-state index is 12.2. The molecule has 1 N–H and O–H groups in total. The Kier molecular flexibility index (Phi) is 3.18. The minimum atomic E-state index is -2.78. The van der Waals surface area contributed by atoms with E-state index in [2.05, 4.69) is 10.1 Å². The standard InChI is InChI=1S/C13H15F2NO2/c14-13(15)18-9-3-4-10-8(6-9)7-17-11-2-1-5-16-12(10)11/h3-4,6,11-13,16H,1-2,5,7H2/t11-,12-/m1/s1. The van der Waals surface area contributed by atoms with Gasteiger partial charge in [0.15, 0.2) is 0 Å². The van der Waals surface area contributed by atoms with Crippen molar-refractivity contribution < 1.29 is 18.3 Å². The molecule has 0 aliphatic carbocycles. The molecule has 2 aliphatic rings. The number of hydrogen-bond donors (Lipinski definition) is 1. The van der Waals surface area contributed by atoms with E-state index < -0.39 is 6.61 Å². The van der Waals surface area contributed by atoms with Crippen molar-refractivity contribution in [2.24, 2.45) is 0 Å². The molecular formula is C13H15F2NO2. The molecule has 0 spiro atoms. The quantitative estimate of drug-likeness (QED) is 0.881. The number of rotatable bonds is 2. The zero-order valence-electron chi connectivity index (χ0n) is 9.86. The third-order valence-electron chi connectivity index (χ3n) is 3.53. The number of benzene rings is 1. The van der Waals surface area contributed by atoms with Crippen LogP contribution in [0, 0.1) is 0 Å². The second kappa shape index (κ2) is 4.82. The minimum absolute atomic E-state index is 0.183. The number of hydrogen-bond acceptors (Lipinski definition) is 3. The fourth-order valence-corrected chi connectivity index (χ4v) is 2.73. The first-order valence-electron chi connectivity index (χ1n) is 6.16. The first-order valence-corrected chi connectivity index (χ1v) is 6.16. The van der Waals surface area contributed by atoms with Gasteiger partial charge in [-0.25, -0.2) is 0 Å². The van der Waals surface area contributed by atoms with Gasteiger partial charge in [0.25, 0.3) is 0 Å². The lowest BCUT2D eigenvalue weighted by atomic mass is 9.89. The van der Waals surface area contributed by atoms with Gasteiger partial charge in [0.1, 0.15) is 5.75 Å². The molecule has 18 heavy (non-hydrogen) atoms. The molecule has 1 saturated heterocycles. The molecule has 2 aliphatic heterocycles.